The summed E-state index contributed by atoms with van der Waals surface area (Å²) < 4.78 is 0. The van der Waals surface area contributed by atoms with E-state index in [9.17, 15) is 9.59 Å². The molecule has 4 nitrogen and oxygen atoms in total. The van der Waals surface area contributed by atoms with Crippen molar-refractivity contribution in [2.24, 2.45) is 11.8 Å². The van der Waals surface area contributed by atoms with Gasteiger partial charge < -0.3 is 10.6 Å². The largest absolute Gasteiger partial charge is 0.326 e. The lowest BCUT2D eigenvalue weighted by Gasteiger charge is -2.18. The number of benzene rings is 1. The molecule has 2 amide bonds. The van der Waals surface area contributed by atoms with Gasteiger partial charge in [-0.25, -0.2) is 0 Å². The van der Waals surface area contributed by atoms with Crippen molar-refractivity contribution in [2.75, 3.05) is 10.6 Å². The molecule has 1 atom stereocenters. The molecule has 1 unspecified atom stereocenters. The number of carbonyl (C=O) groups excluding carboxylic acids is 2. The van der Waals surface area contributed by atoms with Gasteiger partial charge in [-0.3, -0.25) is 9.59 Å². The van der Waals surface area contributed by atoms with Crippen LogP contribution in [0, 0.1) is 11.8 Å². The summed E-state index contributed by atoms with van der Waals surface area (Å²) in [4.78, 5) is 25.8. The van der Waals surface area contributed by atoms with Gasteiger partial charge in [0.25, 0.3) is 5.91 Å². The van der Waals surface area contributed by atoms with Crippen molar-refractivity contribution in [1.82, 2.24) is 0 Å². The molecule has 5 heteroatoms. The second-order valence-corrected chi connectivity index (χ2v) is 8.16. The van der Waals surface area contributed by atoms with Crippen LogP contribution in [0.15, 0.2) is 29.6 Å². The van der Waals surface area contributed by atoms with Crippen LogP contribution in [0.1, 0.15) is 47.0 Å². The summed E-state index contributed by atoms with van der Waals surface area (Å²) in [5.74, 6) is 0.949. The fraction of sp³-hybridized carbons (Fsp3) is 0.400. The maximum atomic E-state index is 12.6. The van der Waals surface area contributed by atoms with Crippen LogP contribution >= 0.6 is 11.3 Å². The Labute approximate surface area is 151 Å². The topological polar surface area (TPSA) is 58.2 Å². The van der Waals surface area contributed by atoms with Gasteiger partial charge in [-0.2, -0.15) is 0 Å². The quantitative estimate of drug-likeness (QED) is 0.851. The Morgan fingerprint density at radius 1 is 1.04 bits per heavy atom. The number of nitrogens with one attached hydrogen (secondary N) is 2. The molecule has 1 heterocycles. The minimum Gasteiger partial charge on any atom is -0.326 e. The number of hydrogen-bond donors (Lipinski definition) is 2. The Balaban J connectivity index is 1.41. The highest BCUT2D eigenvalue weighted by Gasteiger charge is 2.29. The fourth-order valence-electron chi connectivity index (χ4n) is 3.29. The summed E-state index contributed by atoms with van der Waals surface area (Å²) in [7, 11) is 0. The molecule has 2 aliphatic rings. The minimum absolute atomic E-state index is 0.0400. The molecule has 1 aromatic heterocycles. The van der Waals surface area contributed by atoms with E-state index in [0.717, 1.165) is 49.0 Å². The first-order valence-electron chi connectivity index (χ1n) is 8.91. The number of carbonyl (C=O) groups is 2. The molecule has 25 heavy (non-hydrogen) atoms. The van der Waals surface area contributed by atoms with Crippen molar-refractivity contribution < 1.29 is 9.59 Å². The van der Waals surface area contributed by atoms with Crippen LogP contribution in [0.5, 0.6) is 0 Å². The summed E-state index contributed by atoms with van der Waals surface area (Å²) in [5, 5.41) is 7.87. The lowest BCUT2D eigenvalue weighted by atomic mass is 9.88. The molecule has 1 aromatic carbocycles. The zero-order valence-electron chi connectivity index (χ0n) is 14.3. The van der Waals surface area contributed by atoms with Crippen molar-refractivity contribution >= 4 is 34.5 Å². The standard InChI is InChI=1S/C20H22N2O2S/c1-12-2-9-16-17(11-25-18(16)10-12)20(24)22-15-7-5-14(6-8-15)21-19(23)13-3-4-13/h5-8,11-13H,2-4,9-10H2,1H3,(H,21,23)(H,22,24). The van der Waals surface area contributed by atoms with Crippen LogP contribution in [0.25, 0.3) is 0 Å². The maximum absolute atomic E-state index is 12.6. The monoisotopic (exact) mass is 354 g/mol. The van der Waals surface area contributed by atoms with Gasteiger partial charge in [0.15, 0.2) is 0 Å². The summed E-state index contributed by atoms with van der Waals surface area (Å²) in [6, 6.07) is 7.34. The Hall–Kier alpha value is -2.14. The van der Waals surface area contributed by atoms with Gasteiger partial charge in [0, 0.05) is 27.5 Å². The highest BCUT2D eigenvalue weighted by molar-refractivity contribution is 7.10. The number of amides is 2. The van der Waals surface area contributed by atoms with Crippen LogP contribution in [0.2, 0.25) is 0 Å². The maximum Gasteiger partial charge on any atom is 0.256 e. The fourth-order valence-corrected chi connectivity index (χ4v) is 4.54. The molecule has 2 aliphatic carbocycles. The van der Waals surface area contributed by atoms with Gasteiger partial charge in [-0.15, -0.1) is 11.3 Å². The van der Waals surface area contributed by atoms with Gasteiger partial charge in [0.1, 0.15) is 0 Å². The van der Waals surface area contributed by atoms with Crippen LogP contribution < -0.4 is 10.6 Å². The molecule has 1 fully saturated rings. The predicted molar refractivity (Wildman–Crippen MR) is 101 cm³/mol. The van der Waals surface area contributed by atoms with E-state index >= 15 is 0 Å². The molecule has 1 saturated carbocycles. The average Bonchev–Trinajstić information content (AvgIpc) is 3.37. The molecule has 0 spiro atoms. The van der Waals surface area contributed by atoms with Crippen molar-refractivity contribution in [3.8, 4) is 0 Å². The minimum atomic E-state index is -0.0400. The van der Waals surface area contributed by atoms with Crippen molar-refractivity contribution in [1.29, 1.82) is 0 Å². The molecule has 130 valence electrons. The van der Waals surface area contributed by atoms with Crippen molar-refractivity contribution in [3.05, 3.63) is 45.6 Å². The molecular weight excluding hydrogens is 332 g/mol. The number of anilines is 2. The first-order chi connectivity index (χ1) is 12.1. The van der Waals surface area contributed by atoms with Gasteiger partial charge in [-0.1, -0.05) is 6.92 Å². The first kappa shape index (κ1) is 16.3. The normalized spacial score (nSPS) is 19.2. The summed E-state index contributed by atoms with van der Waals surface area (Å²) in [6.45, 7) is 2.27. The summed E-state index contributed by atoms with van der Waals surface area (Å²) in [5.41, 5.74) is 3.57. The van der Waals surface area contributed by atoms with E-state index < -0.39 is 0 Å². The predicted octanol–water partition coefficient (Wildman–Crippen LogP) is 4.47. The summed E-state index contributed by atoms with van der Waals surface area (Å²) >= 11 is 1.70. The van der Waals surface area contributed by atoms with Crippen molar-refractivity contribution in [3.63, 3.8) is 0 Å². The van der Waals surface area contributed by atoms with Gasteiger partial charge in [0.2, 0.25) is 5.91 Å². The van der Waals surface area contributed by atoms with Crippen LogP contribution in [-0.2, 0) is 17.6 Å². The van der Waals surface area contributed by atoms with E-state index in [1.807, 2.05) is 29.6 Å². The first-order valence-corrected chi connectivity index (χ1v) is 9.79. The Bertz CT molecular complexity index is 806. The average molecular weight is 354 g/mol. The molecular formula is C20H22N2O2S. The second-order valence-electron chi connectivity index (χ2n) is 7.19. The van der Waals surface area contributed by atoms with E-state index in [1.54, 1.807) is 11.3 Å². The third kappa shape index (κ3) is 3.61. The van der Waals surface area contributed by atoms with E-state index in [1.165, 1.54) is 10.4 Å². The Morgan fingerprint density at radius 3 is 2.40 bits per heavy atom. The van der Waals surface area contributed by atoms with E-state index in [0.29, 0.717) is 5.92 Å². The van der Waals surface area contributed by atoms with Gasteiger partial charge >= 0.3 is 0 Å². The zero-order valence-corrected chi connectivity index (χ0v) is 15.1. The van der Waals surface area contributed by atoms with Crippen LogP contribution in [0.3, 0.4) is 0 Å². The van der Waals surface area contributed by atoms with Gasteiger partial charge in [0.05, 0.1) is 5.56 Å². The smallest absolute Gasteiger partial charge is 0.256 e. The number of rotatable bonds is 4. The SMILES string of the molecule is CC1CCc2c(C(=O)Nc3ccc(NC(=O)C4CC4)cc3)csc2C1. The molecule has 0 radical (unpaired) electrons. The van der Waals surface area contributed by atoms with Gasteiger partial charge in [-0.05, 0) is 67.9 Å². The second kappa shape index (κ2) is 6.64. The molecule has 0 aliphatic heterocycles. The summed E-state index contributed by atoms with van der Waals surface area (Å²) in [6.07, 6.45) is 5.21. The molecule has 0 bridgehead atoms. The number of fused-ring (bicyclic) bond motifs is 1. The van der Waals surface area contributed by atoms with E-state index in [4.69, 9.17) is 0 Å². The van der Waals surface area contributed by atoms with Crippen LogP contribution in [0.4, 0.5) is 11.4 Å². The molecule has 2 aromatic rings. The molecule has 4 rings (SSSR count). The number of hydrogen-bond acceptors (Lipinski definition) is 3. The lowest BCUT2D eigenvalue weighted by Crippen LogP contribution is -2.16. The van der Waals surface area contributed by atoms with E-state index in [-0.39, 0.29) is 17.7 Å². The highest BCUT2D eigenvalue weighted by Crippen LogP contribution is 2.33. The van der Waals surface area contributed by atoms with Crippen molar-refractivity contribution in [2.45, 2.75) is 39.0 Å². The van der Waals surface area contributed by atoms with E-state index in [2.05, 4.69) is 17.6 Å². The third-order valence-electron chi connectivity index (χ3n) is 5.00. The molecule has 2 N–H and O–H groups in total. The lowest BCUT2D eigenvalue weighted by molar-refractivity contribution is -0.117. The zero-order chi connectivity index (χ0) is 17.4. The number of thiophene rings is 1. The Kier molecular flexibility index (Phi) is 4.34. The highest BCUT2D eigenvalue weighted by atomic mass is 32.1. The third-order valence-corrected chi connectivity index (χ3v) is 6.06. The molecule has 0 saturated heterocycles. The Morgan fingerprint density at radius 2 is 1.72 bits per heavy atom. The van der Waals surface area contributed by atoms with Crippen LogP contribution in [-0.4, -0.2) is 11.8 Å².